The van der Waals surface area contributed by atoms with Gasteiger partial charge in [0.05, 0.1) is 24.9 Å². The zero-order chi connectivity index (χ0) is 25.9. The molecule has 0 aliphatic heterocycles. The molecule has 2 aromatic rings. The minimum atomic E-state index is -0.713. The van der Waals surface area contributed by atoms with Crippen LogP contribution in [0.3, 0.4) is 0 Å². The van der Waals surface area contributed by atoms with Crippen molar-refractivity contribution < 1.29 is 24.5 Å². The zero-order valence-corrected chi connectivity index (χ0v) is 21.4. The molecule has 1 aromatic carbocycles. The Balaban J connectivity index is 1.60. The smallest absolute Gasteiger partial charge is 0.264 e. The highest BCUT2D eigenvalue weighted by Gasteiger charge is 2.59. The molecule has 192 valence electrons. The molecule has 0 radical (unpaired) electrons. The molecule has 5 atom stereocenters. The van der Waals surface area contributed by atoms with Gasteiger partial charge in [-0.05, 0) is 42.7 Å². The first-order valence-corrected chi connectivity index (χ1v) is 13.0. The van der Waals surface area contributed by atoms with Gasteiger partial charge in [-0.15, -0.1) is 17.8 Å². The Hall–Kier alpha value is -2.93. The van der Waals surface area contributed by atoms with Gasteiger partial charge in [0.25, 0.3) is 5.91 Å². The molecule has 9 heteroatoms. The number of thiazole rings is 1. The second-order valence-electron chi connectivity index (χ2n) is 10.2. The van der Waals surface area contributed by atoms with Crippen LogP contribution in [-0.4, -0.2) is 52.9 Å². The SMILES string of the molecule is C#CCNC(=O)CC1c2nc(NC(=O)COc3ccccc3)sc2CC2C(C)(CO)C(O)CCC12C. The van der Waals surface area contributed by atoms with E-state index in [1.165, 1.54) is 11.3 Å². The molecule has 8 nitrogen and oxygen atoms in total. The number of ether oxygens (including phenoxy) is 1. The largest absolute Gasteiger partial charge is 0.484 e. The van der Waals surface area contributed by atoms with Crippen molar-refractivity contribution in [3.05, 3.63) is 40.9 Å². The van der Waals surface area contributed by atoms with E-state index in [4.69, 9.17) is 16.1 Å². The number of carbonyl (C=O) groups excluding carboxylic acids is 2. The summed E-state index contributed by atoms with van der Waals surface area (Å²) in [6.07, 6.45) is 6.71. The maximum atomic E-state index is 12.8. The van der Waals surface area contributed by atoms with Crippen LogP contribution in [0, 0.1) is 29.1 Å². The number of terminal acetylenes is 1. The fourth-order valence-corrected chi connectivity index (χ4v) is 7.01. The third kappa shape index (κ3) is 4.99. The molecule has 36 heavy (non-hydrogen) atoms. The molecule has 1 fully saturated rings. The van der Waals surface area contributed by atoms with Gasteiger partial charge in [-0.1, -0.05) is 38.0 Å². The first kappa shape index (κ1) is 26.1. The van der Waals surface area contributed by atoms with Crippen molar-refractivity contribution >= 4 is 28.3 Å². The molecule has 0 saturated heterocycles. The molecule has 2 amide bonds. The van der Waals surface area contributed by atoms with Crippen molar-refractivity contribution in [1.82, 2.24) is 10.3 Å². The average Bonchev–Trinajstić information content (AvgIpc) is 3.27. The highest BCUT2D eigenvalue weighted by atomic mass is 32.1. The van der Waals surface area contributed by atoms with Crippen molar-refractivity contribution in [2.75, 3.05) is 25.1 Å². The zero-order valence-electron chi connectivity index (χ0n) is 20.6. The molecular formula is C27H33N3O5S. The molecule has 1 aromatic heterocycles. The van der Waals surface area contributed by atoms with E-state index in [0.29, 0.717) is 30.1 Å². The van der Waals surface area contributed by atoms with E-state index in [9.17, 15) is 19.8 Å². The summed E-state index contributed by atoms with van der Waals surface area (Å²) in [6, 6.07) is 9.09. The fraction of sp³-hybridized carbons (Fsp3) is 0.519. The minimum Gasteiger partial charge on any atom is -0.484 e. The standard InChI is InChI=1S/C27H33N3O5S/c1-4-12-28-22(33)13-18-24-19(14-20-26(18,2)11-10-21(32)27(20,3)16-31)36-25(30-24)29-23(34)15-35-17-8-6-5-7-9-17/h1,5-9,18,20-21,31-32H,10-16H2,2-3H3,(H,28,33)(H,29,30,34). The van der Waals surface area contributed by atoms with Crippen LogP contribution in [0.2, 0.25) is 0 Å². The van der Waals surface area contributed by atoms with Crippen LogP contribution in [0.4, 0.5) is 5.13 Å². The van der Waals surface area contributed by atoms with Crippen LogP contribution in [0.15, 0.2) is 30.3 Å². The average molecular weight is 512 g/mol. The molecule has 0 bridgehead atoms. The van der Waals surface area contributed by atoms with Crippen LogP contribution < -0.4 is 15.4 Å². The van der Waals surface area contributed by atoms with Crippen LogP contribution in [0.5, 0.6) is 5.75 Å². The number of aliphatic hydroxyl groups is 2. The van der Waals surface area contributed by atoms with Crippen molar-refractivity contribution in [2.24, 2.45) is 16.7 Å². The van der Waals surface area contributed by atoms with Gasteiger partial charge in [0, 0.05) is 22.6 Å². The molecule has 1 saturated carbocycles. The Labute approximate surface area is 215 Å². The predicted molar refractivity (Wildman–Crippen MR) is 138 cm³/mol. The number of hydrogen-bond acceptors (Lipinski definition) is 7. The van der Waals surface area contributed by atoms with Gasteiger partial charge < -0.3 is 20.3 Å². The highest BCUT2D eigenvalue weighted by Crippen LogP contribution is 2.62. The Morgan fingerprint density at radius 2 is 2.03 bits per heavy atom. The van der Waals surface area contributed by atoms with Gasteiger partial charge in [-0.3, -0.25) is 14.9 Å². The van der Waals surface area contributed by atoms with Crippen molar-refractivity contribution in [2.45, 2.75) is 51.6 Å². The number of aromatic nitrogens is 1. The lowest BCUT2D eigenvalue weighted by atomic mass is 9.47. The van der Waals surface area contributed by atoms with Crippen LogP contribution in [0.1, 0.15) is 49.6 Å². The van der Waals surface area contributed by atoms with Gasteiger partial charge in [-0.2, -0.15) is 0 Å². The number of anilines is 1. The van der Waals surface area contributed by atoms with Crippen LogP contribution >= 0.6 is 11.3 Å². The maximum Gasteiger partial charge on any atom is 0.264 e. The van der Waals surface area contributed by atoms with Crippen molar-refractivity contribution in [1.29, 1.82) is 0 Å². The van der Waals surface area contributed by atoms with E-state index >= 15 is 0 Å². The second-order valence-corrected chi connectivity index (χ2v) is 11.3. The topological polar surface area (TPSA) is 121 Å². The second kappa shape index (κ2) is 10.6. The number of aliphatic hydroxyl groups excluding tert-OH is 2. The molecule has 1 heterocycles. The summed E-state index contributed by atoms with van der Waals surface area (Å²) < 4.78 is 5.54. The summed E-state index contributed by atoms with van der Waals surface area (Å²) in [5.41, 5.74) is -0.288. The van der Waals surface area contributed by atoms with Crippen molar-refractivity contribution in [3.63, 3.8) is 0 Å². The van der Waals surface area contributed by atoms with Crippen molar-refractivity contribution in [3.8, 4) is 18.1 Å². The van der Waals surface area contributed by atoms with Crippen LogP contribution in [0.25, 0.3) is 0 Å². The number of fused-ring (bicyclic) bond motifs is 2. The summed E-state index contributed by atoms with van der Waals surface area (Å²) in [5.74, 6) is 2.22. The number of nitrogens with one attached hydrogen (secondary N) is 2. The van der Waals surface area contributed by atoms with Gasteiger partial charge >= 0.3 is 0 Å². The van der Waals surface area contributed by atoms with E-state index < -0.39 is 11.5 Å². The predicted octanol–water partition coefficient (Wildman–Crippen LogP) is 2.72. The number of hydrogen-bond donors (Lipinski definition) is 4. The summed E-state index contributed by atoms with van der Waals surface area (Å²) in [5, 5.41) is 27.2. The van der Waals surface area contributed by atoms with Gasteiger partial charge in [0.2, 0.25) is 5.91 Å². The summed E-state index contributed by atoms with van der Waals surface area (Å²) in [4.78, 5) is 31.1. The number of rotatable bonds is 8. The number of carbonyl (C=O) groups is 2. The van der Waals surface area contributed by atoms with Crippen LogP contribution in [-0.2, 0) is 16.0 Å². The minimum absolute atomic E-state index is 0.0675. The lowest BCUT2D eigenvalue weighted by molar-refractivity contribution is -0.144. The molecule has 5 unspecified atom stereocenters. The normalized spacial score (nSPS) is 28.8. The fourth-order valence-electron chi connectivity index (χ4n) is 5.93. The van der Waals surface area contributed by atoms with E-state index in [1.54, 1.807) is 12.1 Å². The maximum absolute atomic E-state index is 12.8. The molecule has 4 rings (SSSR count). The first-order chi connectivity index (χ1) is 17.2. The number of nitrogens with zero attached hydrogens (tertiary/aromatic N) is 1. The van der Waals surface area contributed by atoms with E-state index in [-0.39, 0.29) is 55.2 Å². The van der Waals surface area contributed by atoms with Gasteiger partial charge in [-0.25, -0.2) is 4.98 Å². The van der Waals surface area contributed by atoms with E-state index in [1.807, 2.05) is 25.1 Å². The first-order valence-electron chi connectivity index (χ1n) is 12.2. The summed E-state index contributed by atoms with van der Waals surface area (Å²) in [6.45, 7) is 3.89. The molecule has 2 aliphatic rings. The number of para-hydroxylation sites is 1. The Bertz CT molecular complexity index is 1150. The number of benzene rings is 1. The molecule has 0 spiro atoms. The molecule has 2 aliphatic carbocycles. The summed E-state index contributed by atoms with van der Waals surface area (Å²) in [7, 11) is 0. The monoisotopic (exact) mass is 511 g/mol. The Kier molecular flexibility index (Phi) is 7.69. The summed E-state index contributed by atoms with van der Waals surface area (Å²) >= 11 is 1.37. The Morgan fingerprint density at radius 1 is 1.28 bits per heavy atom. The molecule has 4 N–H and O–H groups in total. The Morgan fingerprint density at radius 3 is 2.72 bits per heavy atom. The third-order valence-corrected chi connectivity index (χ3v) is 9.04. The molecular weight excluding hydrogens is 478 g/mol. The lowest BCUT2D eigenvalue weighted by Gasteiger charge is -2.58. The lowest BCUT2D eigenvalue weighted by Crippen LogP contribution is -2.57. The van der Waals surface area contributed by atoms with Gasteiger partial charge in [0.15, 0.2) is 11.7 Å². The number of amides is 2. The van der Waals surface area contributed by atoms with E-state index in [2.05, 4.69) is 23.5 Å². The quantitative estimate of drug-likeness (QED) is 0.405. The highest BCUT2D eigenvalue weighted by molar-refractivity contribution is 7.15. The van der Waals surface area contributed by atoms with E-state index in [0.717, 1.165) is 10.6 Å². The third-order valence-electron chi connectivity index (χ3n) is 8.03. The van der Waals surface area contributed by atoms with Gasteiger partial charge in [0.1, 0.15) is 5.75 Å².